The molecule has 0 radical (unpaired) electrons. The summed E-state index contributed by atoms with van der Waals surface area (Å²) < 4.78 is 0. The first-order chi connectivity index (χ1) is 6.70. The molecule has 4 heteroatoms. The van der Waals surface area contributed by atoms with E-state index in [4.69, 9.17) is 11.6 Å². The van der Waals surface area contributed by atoms with Crippen LogP contribution in [0.4, 0.5) is 0 Å². The van der Waals surface area contributed by atoms with E-state index in [0.29, 0.717) is 9.90 Å². The van der Waals surface area contributed by atoms with Gasteiger partial charge < -0.3 is 0 Å². The van der Waals surface area contributed by atoms with Gasteiger partial charge in [-0.05, 0) is 29.3 Å². The fourth-order valence-electron chi connectivity index (χ4n) is 1.17. The summed E-state index contributed by atoms with van der Waals surface area (Å²) in [6, 6.07) is 1.75. The lowest BCUT2D eigenvalue weighted by atomic mass is 10.1. The van der Waals surface area contributed by atoms with Crippen molar-refractivity contribution in [3.8, 4) is 0 Å². The molecule has 0 aromatic carbocycles. The number of ketones is 1. The monoisotopic (exact) mass is 242 g/mol. The van der Waals surface area contributed by atoms with Gasteiger partial charge in [-0.1, -0.05) is 11.6 Å². The summed E-state index contributed by atoms with van der Waals surface area (Å²) in [7, 11) is 0. The minimum absolute atomic E-state index is 0.0313. The van der Waals surface area contributed by atoms with Crippen molar-refractivity contribution in [2.45, 2.75) is 6.92 Å². The molecule has 0 spiro atoms. The van der Waals surface area contributed by atoms with Crippen LogP contribution in [0.15, 0.2) is 22.2 Å². The average molecular weight is 243 g/mol. The van der Waals surface area contributed by atoms with E-state index in [1.54, 1.807) is 6.07 Å². The Hall–Kier alpha value is -0.640. The number of hydrogen-bond donors (Lipinski definition) is 0. The highest BCUT2D eigenvalue weighted by Gasteiger charge is 2.16. The van der Waals surface area contributed by atoms with Crippen molar-refractivity contribution in [3.05, 3.63) is 43.2 Å². The van der Waals surface area contributed by atoms with Crippen molar-refractivity contribution >= 4 is 40.1 Å². The smallest absolute Gasteiger partial charge is 0.205 e. The lowest BCUT2D eigenvalue weighted by Crippen LogP contribution is -1.98. The lowest BCUT2D eigenvalue weighted by molar-refractivity contribution is 0.104. The SMILES string of the molecule is Cc1cscc1C(=O)c1sccc1Cl. The highest BCUT2D eigenvalue weighted by molar-refractivity contribution is 7.13. The first-order valence-electron chi connectivity index (χ1n) is 4.00. The summed E-state index contributed by atoms with van der Waals surface area (Å²) in [6.07, 6.45) is 0. The van der Waals surface area contributed by atoms with Gasteiger partial charge in [-0.3, -0.25) is 4.79 Å². The van der Waals surface area contributed by atoms with E-state index < -0.39 is 0 Å². The molecule has 0 unspecified atom stereocenters. The van der Waals surface area contributed by atoms with E-state index in [2.05, 4.69) is 0 Å². The van der Waals surface area contributed by atoms with Crippen molar-refractivity contribution in [2.24, 2.45) is 0 Å². The van der Waals surface area contributed by atoms with Gasteiger partial charge in [0.1, 0.15) is 0 Å². The number of carbonyl (C=O) groups is 1. The Labute approximate surface area is 95.0 Å². The molecular formula is C10H7ClOS2. The normalized spacial score (nSPS) is 10.4. The predicted molar refractivity (Wildman–Crippen MR) is 61.8 cm³/mol. The summed E-state index contributed by atoms with van der Waals surface area (Å²) in [4.78, 5) is 12.6. The number of halogens is 1. The average Bonchev–Trinajstić information content (AvgIpc) is 2.73. The van der Waals surface area contributed by atoms with E-state index in [9.17, 15) is 4.79 Å². The molecule has 2 aromatic rings. The minimum Gasteiger partial charge on any atom is -0.288 e. The van der Waals surface area contributed by atoms with Crippen molar-refractivity contribution in [2.75, 3.05) is 0 Å². The van der Waals surface area contributed by atoms with Gasteiger partial charge >= 0.3 is 0 Å². The summed E-state index contributed by atoms with van der Waals surface area (Å²) in [5.74, 6) is 0.0313. The predicted octanol–water partition coefficient (Wildman–Crippen LogP) is 4.00. The molecular weight excluding hydrogens is 236 g/mol. The fraction of sp³-hybridized carbons (Fsp3) is 0.100. The zero-order valence-electron chi connectivity index (χ0n) is 7.41. The van der Waals surface area contributed by atoms with Crippen molar-refractivity contribution in [1.29, 1.82) is 0 Å². The van der Waals surface area contributed by atoms with Crippen LogP contribution in [0.25, 0.3) is 0 Å². The Morgan fingerprint density at radius 2 is 2.21 bits per heavy atom. The van der Waals surface area contributed by atoms with Crippen molar-refractivity contribution < 1.29 is 4.79 Å². The lowest BCUT2D eigenvalue weighted by Gasteiger charge is -1.96. The van der Waals surface area contributed by atoms with Crippen LogP contribution >= 0.6 is 34.3 Å². The molecule has 0 saturated carbocycles. The van der Waals surface area contributed by atoms with Gasteiger partial charge in [-0.15, -0.1) is 11.3 Å². The Morgan fingerprint density at radius 3 is 2.71 bits per heavy atom. The maximum absolute atomic E-state index is 11.9. The van der Waals surface area contributed by atoms with Crippen LogP contribution in [0.1, 0.15) is 20.8 Å². The Morgan fingerprint density at radius 1 is 1.43 bits per heavy atom. The maximum atomic E-state index is 11.9. The van der Waals surface area contributed by atoms with E-state index in [-0.39, 0.29) is 5.78 Å². The molecule has 1 nitrogen and oxygen atoms in total. The first kappa shape index (κ1) is 9.90. The van der Waals surface area contributed by atoms with E-state index in [1.807, 2.05) is 23.1 Å². The van der Waals surface area contributed by atoms with Crippen LogP contribution in [0.5, 0.6) is 0 Å². The van der Waals surface area contributed by atoms with Crippen molar-refractivity contribution in [1.82, 2.24) is 0 Å². The molecule has 2 heterocycles. The number of rotatable bonds is 2. The molecule has 2 rings (SSSR count). The molecule has 0 atom stereocenters. The van der Waals surface area contributed by atoms with Crippen LogP contribution in [0, 0.1) is 6.92 Å². The van der Waals surface area contributed by atoms with Gasteiger partial charge in [0.2, 0.25) is 5.78 Å². The zero-order valence-corrected chi connectivity index (χ0v) is 9.80. The third-order valence-corrected chi connectivity index (χ3v) is 4.13. The number of aryl methyl sites for hydroxylation is 1. The Kier molecular flexibility index (Phi) is 2.72. The van der Waals surface area contributed by atoms with Crippen molar-refractivity contribution in [3.63, 3.8) is 0 Å². The third kappa shape index (κ3) is 1.63. The van der Waals surface area contributed by atoms with Gasteiger partial charge in [-0.2, -0.15) is 11.3 Å². The Bertz CT molecular complexity index is 428. The van der Waals surface area contributed by atoms with Crippen LogP contribution in [0.3, 0.4) is 0 Å². The summed E-state index contributed by atoms with van der Waals surface area (Å²) in [5, 5.41) is 6.21. The molecule has 0 saturated heterocycles. The maximum Gasteiger partial charge on any atom is 0.205 e. The van der Waals surface area contributed by atoms with Gasteiger partial charge in [0, 0.05) is 10.9 Å². The highest BCUT2D eigenvalue weighted by atomic mass is 35.5. The van der Waals surface area contributed by atoms with Crippen LogP contribution in [-0.4, -0.2) is 5.78 Å². The summed E-state index contributed by atoms with van der Waals surface area (Å²) in [6.45, 7) is 1.94. The van der Waals surface area contributed by atoms with Crippen LogP contribution < -0.4 is 0 Å². The van der Waals surface area contributed by atoms with Gasteiger partial charge in [0.25, 0.3) is 0 Å². The topological polar surface area (TPSA) is 17.1 Å². The highest BCUT2D eigenvalue weighted by Crippen LogP contribution is 2.27. The summed E-state index contributed by atoms with van der Waals surface area (Å²) >= 11 is 8.82. The fourth-order valence-corrected chi connectivity index (χ4v) is 3.09. The van der Waals surface area contributed by atoms with E-state index in [1.165, 1.54) is 22.7 Å². The van der Waals surface area contributed by atoms with Crippen LogP contribution in [-0.2, 0) is 0 Å². The third-order valence-electron chi connectivity index (χ3n) is 1.92. The molecule has 0 aliphatic heterocycles. The molecule has 2 aromatic heterocycles. The molecule has 0 amide bonds. The first-order valence-corrected chi connectivity index (χ1v) is 6.20. The summed E-state index contributed by atoms with van der Waals surface area (Å²) in [5.41, 5.74) is 1.78. The van der Waals surface area contributed by atoms with Crippen LogP contribution in [0.2, 0.25) is 5.02 Å². The van der Waals surface area contributed by atoms with Gasteiger partial charge in [-0.25, -0.2) is 0 Å². The second-order valence-electron chi connectivity index (χ2n) is 2.90. The standard InChI is InChI=1S/C10H7ClOS2/c1-6-4-13-5-7(6)9(12)10-8(11)2-3-14-10/h2-5H,1H3. The quantitative estimate of drug-likeness (QED) is 0.728. The second-order valence-corrected chi connectivity index (χ2v) is 4.96. The zero-order chi connectivity index (χ0) is 10.1. The molecule has 0 aliphatic rings. The molecule has 0 N–H and O–H groups in total. The Balaban J connectivity index is 2.44. The molecule has 0 aliphatic carbocycles. The van der Waals surface area contributed by atoms with Gasteiger partial charge in [0.15, 0.2) is 0 Å². The number of thiophene rings is 2. The second kappa shape index (κ2) is 3.85. The number of hydrogen-bond acceptors (Lipinski definition) is 3. The van der Waals surface area contributed by atoms with E-state index >= 15 is 0 Å². The molecule has 72 valence electrons. The molecule has 0 fully saturated rings. The number of carbonyl (C=O) groups excluding carboxylic acids is 1. The van der Waals surface area contributed by atoms with E-state index in [0.717, 1.165) is 11.1 Å². The molecule has 14 heavy (non-hydrogen) atoms. The minimum atomic E-state index is 0.0313. The molecule has 0 bridgehead atoms. The largest absolute Gasteiger partial charge is 0.288 e. The van der Waals surface area contributed by atoms with Gasteiger partial charge in [0.05, 0.1) is 9.90 Å².